The number of aromatic nitrogens is 2. The number of aryl methyl sites for hydroxylation is 1. The standard InChI is InChI=1S/C13H26N4O/c1-9(2)11-10(14)12(17(5)16-11)15-8-13(3,4)6-7-18/h9,15,18H,6-8,14H2,1-5H3. The summed E-state index contributed by atoms with van der Waals surface area (Å²) in [4.78, 5) is 0. The van der Waals surface area contributed by atoms with Crippen LogP contribution in [-0.4, -0.2) is 28.0 Å². The summed E-state index contributed by atoms with van der Waals surface area (Å²) in [5.74, 6) is 1.18. The van der Waals surface area contributed by atoms with E-state index in [1.165, 1.54) is 0 Å². The zero-order valence-corrected chi connectivity index (χ0v) is 12.1. The molecule has 1 aromatic rings. The maximum absolute atomic E-state index is 9.02. The van der Waals surface area contributed by atoms with Crippen LogP contribution in [0.3, 0.4) is 0 Å². The predicted molar refractivity (Wildman–Crippen MR) is 75.7 cm³/mol. The molecule has 1 rings (SSSR count). The van der Waals surface area contributed by atoms with Gasteiger partial charge in [-0.2, -0.15) is 5.10 Å². The molecular formula is C13H26N4O. The highest BCUT2D eigenvalue weighted by Crippen LogP contribution is 2.29. The minimum Gasteiger partial charge on any atom is -0.396 e. The Morgan fingerprint density at radius 2 is 2.06 bits per heavy atom. The molecule has 0 saturated heterocycles. The zero-order chi connectivity index (χ0) is 13.9. The molecule has 0 aromatic carbocycles. The summed E-state index contributed by atoms with van der Waals surface area (Å²) in [6.07, 6.45) is 0.759. The minimum atomic E-state index is 0.0312. The third-order valence-electron chi connectivity index (χ3n) is 3.18. The van der Waals surface area contributed by atoms with Gasteiger partial charge >= 0.3 is 0 Å². The van der Waals surface area contributed by atoms with Crippen molar-refractivity contribution in [2.45, 2.75) is 40.0 Å². The van der Waals surface area contributed by atoms with Crippen molar-refractivity contribution >= 4 is 11.5 Å². The number of anilines is 2. The van der Waals surface area contributed by atoms with Crippen molar-refractivity contribution in [1.82, 2.24) is 9.78 Å². The van der Waals surface area contributed by atoms with Crippen molar-refractivity contribution in [2.75, 3.05) is 24.2 Å². The van der Waals surface area contributed by atoms with Gasteiger partial charge < -0.3 is 16.2 Å². The van der Waals surface area contributed by atoms with Gasteiger partial charge in [0.05, 0.1) is 11.4 Å². The van der Waals surface area contributed by atoms with Crippen LogP contribution in [0.5, 0.6) is 0 Å². The third kappa shape index (κ3) is 3.38. The number of nitrogen functional groups attached to an aromatic ring is 1. The first kappa shape index (κ1) is 14.8. The molecule has 5 nitrogen and oxygen atoms in total. The van der Waals surface area contributed by atoms with Crippen LogP contribution >= 0.6 is 0 Å². The second-order valence-electron chi connectivity index (χ2n) is 5.92. The molecule has 0 spiro atoms. The van der Waals surface area contributed by atoms with E-state index >= 15 is 0 Å². The van der Waals surface area contributed by atoms with E-state index in [1.807, 2.05) is 7.05 Å². The number of rotatable bonds is 6. The monoisotopic (exact) mass is 254 g/mol. The number of nitrogens with zero attached hydrogens (tertiary/aromatic N) is 2. The molecule has 0 saturated carbocycles. The Hall–Kier alpha value is -1.23. The Balaban J connectivity index is 2.80. The maximum atomic E-state index is 9.02. The van der Waals surface area contributed by atoms with Gasteiger partial charge in [0.1, 0.15) is 5.82 Å². The highest BCUT2D eigenvalue weighted by atomic mass is 16.3. The third-order valence-corrected chi connectivity index (χ3v) is 3.18. The molecular weight excluding hydrogens is 228 g/mol. The fraction of sp³-hybridized carbons (Fsp3) is 0.769. The van der Waals surface area contributed by atoms with E-state index in [0.717, 1.165) is 30.2 Å². The Labute approximate surface area is 109 Å². The van der Waals surface area contributed by atoms with Crippen molar-refractivity contribution in [3.8, 4) is 0 Å². The quantitative estimate of drug-likeness (QED) is 0.725. The lowest BCUT2D eigenvalue weighted by molar-refractivity contribution is 0.220. The van der Waals surface area contributed by atoms with Gasteiger partial charge in [0.15, 0.2) is 0 Å². The van der Waals surface area contributed by atoms with Crippen LogP contribution in [0, 0.1) is 5.41 Å². The van der Waals surface area contributed by atoms with E-state index < -0.39 is 0 Å². The average molecular weight is 254 g/mol. The van der Waals surface area contributed by atoms with Gasteiger partial charge in [-0.1, -0.05) is 27.7 Å². The summed E-state index contributed by atoms with van der Waals surface area (Å²) in [6, 6.07) is 0. The van der Waals surface area contributed by atoms with Crippen molar-refractivity contribution < 1.29 is 5.11 Å². The Bertz CT molecular complexity index is 396. The van der Waals surface area contributed by atoms with Gasteiger partial charge in [-0.25, -0.2) is 0 Å². The largest absolute Gasteiger partial charge is 0.396 e. The first-order valence-electron chi connectivity index (χ1n) is 6.45. The molecule has 104 valence electrons. The van der Waals surface area contributed by atoms with E-state index in [0.29, 0.717) is 5.92 Å². The number of nitrogens with one attached hydrogen (secondary N) is 1. The molecule has 0 unspecified atom stereocenters. The average Bonchev–Trinajstić information content (AvgIpc) is 2.52. The summed E-state index contributed by atoms with van der Waals surface area (Å²) in [5, 5.41) is 16.8. The van der Waals surface area contributed by atoms with Crippen LogP contribution < -0.4 is 11.1 Å². The van der Waals surface area contributed by atoms with Gasteiger partial charge in [-0.15, -0.1) is 0 Å². The topological polar surface area (TPSA) is 76.1 Å². The molecule has 0 amide bonds. The minimum absolute atomic E-state index is 0.0312. The number of nitrogens with two attached hydrogens (primary N) is 1. The Morgan fingerprint density at radius 1 is 1.44 bits per heavy atom. The molecule has 1 heterocycles. The smallest absolute Gasteiger partial charge is 0.147 e. The fourth-order valence-corrected chi connectivity index (χ4v) is 1.91. The van der Waals surface area contributed by atoms with Crippen molar-refractivity contribution in [3.63, 3.8) is 0 Å². The first-order valence-corrected chi connectivity index (χ1v) is 6.45. The van der Waals surface area contributed by atoms with Gasteiger partial charge in [0, 0.05) is 20.2 Å². The molecule has 0 radical (unpaired) electrons. The van der Waals surface area contributed by atoms with Crippen LogP contribution in [0.4, 0.5) is 11.5 Å². The number of aliphatic hydroxyl groups is 1. The van der Waals surface area contributed by atoms with E-state index in [4.69, 9.17) is 10.8 Å². The van der Waals surface area contributed by atoms with Crippen LogP contribution in [-0.2, 0) is 7.05 Å². The van der Waals surface area contributed by atoms with Crippen molar-refractivity contribution in [2.24, 2.45) is 12.5 Å². The van der Waals surface area contributed by atoms with E-state index in [9.17, 15) is 0 Å². The molecule has 0 atom stereocenters. The summed E-state index contributed by atoms with van der Waals surface area (Å²) in [6.45, 7) is 9.36. The SMILES string of the molecule is CC(C)c1nn(C)c(NCC(C)(C)CCO)c1N. The van der Waals surface area contributed by atoms with Crippen LogP contribution in [0.2, 0.25) is 0 Å². The van der Waals surface area contributed by atoms with Gasteiger partial charge in [0.2, 0.25) is 0 Å². The van der Waals surface area contributed by atoms with E-state index in [-0.39, 0.29) is 12.0 Å². The lowest BCUT2D eigenvalue weighted by Gasteiger charge is -2.24. The lowest BCUT2D eigenvalue weighted by Crippen LogP contribution is -2.25. The zero-order valence-electron chi connectivity index (χ0n) is 12.1. The second-order valence-corrected chi connectivity index (χ2v) is 5.92. The highest BCUT2D eigenvalue weighted by molar-refractivity contribution is 5.65. The lowest BCUT2D eigenvalue weighted by atomic mass is 9.90. The first-order chi connectivity index (χ1) is 8.28. The molecule has 18 heavy (non-hydrogen) atoms. The van der Waals surface area contributed by atoms with E-state index in [2.05, 4.69) is 38.1 Å². The molecule has 0 bridgehead atoms. The predicted octanol–water partition coefficient (Wildman–Crippen LogP) is 1.95. The van der Waals surface area contributed by atoms with Crippen molar-refractivity contribution in [1.29, 1.82) is 0 Å². The number of hydrogen-bond acceptors (Lipinski definition) is 4. The van der Waals surface area contributed by atoms with Gasteiger partial charge in [-0.05, 0) is 17.8 Å². The summed E-state index contributed by atoms with van der Waals surface area (Å²) in [7, 11) is 1.89. The molecule has 0 aliphatic heterocycles. The molecule has 0 aliphatic rings. The molecule has 0 aliphatic carbocycles. The summed E-state index contributed by atoms with van der Waals surface area (Å²) in [5.41, 5.74) is 7.80. The van der Waals surface area contributed by atoms with Crippen molar-refractivity contribution in [3.05, 3.63) is 5.69 Å². The van der Waals surface area contributed by atoms with Crippen LogP contribution in [0.15, 0.2) is 0 Å². The normalized spacial score (nSPS) is 12.2. The molecule has 0 fully saturated rings. The number of hydrogen-bond donors (Lipinski definition) is 3. The Morgan fingerprint density at radius 3 is 2.50 bits per heavy atom. The molecule has 1 aromatic heterocycles. The second kappa shape index (κ2) is 5.61. The van der Waals surface area contributed by atoms with Gasteiger partial charge in [0.25, 0.3) is 0 Å². The molecule has 4 N–H and O–H groups in total. The van der Waals surface area contributed by atoms with Crippen LogP contribution in [0.1, 0.15) is 45.7 Å². The maximum Gasteiger partial charge on any atom is 0.147 e. The Kier molecular flexibility index (Phi) is 4.62. The highest BCUT2D eigenvalue weighted by Gasteiger charge is 2.20. The molecule has 5 heteroatoms. The number of aliphatic hydroxyl groups excluding tert-OH is 1. The fourth-order valence-electron chi connectivity index (χ4n) is 1.91. The summed E-state index contributed by atoms with van der Waals surface area (Å²) >= 11 is 0. The van der Waals surface area contributed by atoms with Gasteiger partial charge in [-0.3, -0.25) is 4.68 Å². The van der Waals surface area contributed by atoms with E-state index in [1.54, 1.807) is 4.68 Å². The summed E-state index contributed by atoms with van der Waals surface area (Å²) < 4.78 is 1.79. The van der Waals surface area contributed by atoms with Crippen LogP contribution in [0.25, 0.3) is 0 Å².